The molecule has 0 amide bonds. The van der Waals surface area contributed by atoms with E-state index < -0.39 is 0 Å². The van der Waals surface area contributed by atoms with Gasteiger partial charge in [0, 0.05) is 53.7 Å². The molecule has 0 unspecified atom stereocenters. The maximum absolute atomic E-state index is 2.40. The molecule has 0 atom stereocenters. The van der Waals surface area contributed by atoms with Gasteiger partial charge in [-0.15, -0.1) is 11.3 Å². The lowest BCUT2D eigenvalue weighted by atomic mass is 10.0. The standard InChI is InChI=1S/C52H34N2S/c1-2-11-35(12-3-1)38-15-10-16-43(31-38)53(44-29-30-47-46-18-7-9-20-51(46)55-52(47)34-44)41-25-21-36(22-26-41)37-23-27-42(28-24-37)54-49-19-8-6-17-45(49)48-32-39-13-4-5-14-40(39)33-50(48)54/h1-34H. The normalized spacial score (nSPS) is 11.6. The summed E-state index contributed by atoms with van der Waals surface area (Å²) < 4.78 is 5.00. The number of fused-ring (bicyclic) bond motifs is 7. The van der Waals surface area contributed by atoms with Gasteiger partial charge in [-0.3, -0.25) is 0 Å². The van der Waals surface area contributed by atoms with Gasteiger partial charge in [0.05, 0.1) is 11.0 Å². The molecule has 2 nitrogen and oxygen atoms in total. The summed E-state index contributed by atoms with van der Waals surface area (Å²) >= 11 is 1.86. The van der Waals surface area contributed by atoms with E-state index in [4.69, 9.17) is 0 Å². The summed E-state index contributed by atoms with van der Waals surface area (Å²) in [6, 6.07) is 75.2. The highest BCUT2D eigenvalue weighted by atomic mass is 32.1. The Morgan fingerprint density at radius 3 is 1.75 bits per heavy atom. The van der Waals surface area contributed by atoms with Crippen molar-refractivity contribution < 1.29 is 0 Å². The lowest BCUT2D eigenvalue weighted by Gasteiger charge is -2.26. The zero-order valence-electron chi connectivity index (χ0n) is 29.9. The molecule has 0 aliphatic carbocycles. The van der Waals surface area contributed by atoms with Gasteiger partial charge >= 0.3 is 0 Å². The number of hydrogen-bond acceptors (Lipinski definition) is 2. The van der Waals surface area contributed by atoms with Crippen LogP contribution in [0.1, 0.15) is 0 Å². The Morgan fingerprint density at radius 2 is 0.927 bits per heavy atom. The molecule has 9 aromatic carbocycles. The highest BCUT2D eigenvalue weighted by Gasteiger charge is 2.17. The number of nitrogens with zero attached hydrogens (tertiary/aromatic N) is 2. The van der Waals surface area contributed by atoms with Crippen LogP contribution >= 0.6 is 11.3 Å². The van der Waals surface area contributed by atoms with Gasteiger partial charge < -0.3 is 9.47 Å². The molecule has 0 aliphatic rings. The van der Waals surface area contributed by atoms with Crippen molar-refractivity contribution in [3.05, 3.63) is 206 Å². The molecule has 2 heterocycles. The fourth-order valence-electron chi connectivity index (χ4n) is 8.30. The van der Waals surface area contributed by atoms with Gasteiger partial charge in [0.1, 0.15) is 0 Å². The van der Waals surface area contributed by atoms with Crippen LogP contribution in [0.2, 0.25) is 0 Å². The molecule has 0 spiro atoms. The summed E-state index contributed by atoms with van der Waals surface area (Å²) in [5, 5.41) is 7.68. The molecule has 0 fully saturated rings. The fraction of sp³-hybridized carbons (Fsp3) is 0. The summed E-state index contributed by atoms with van der Waals surface area (Å²) in [5.74, 6) is 0. The number of hydrogen-bond donors (Lipinski definition) is 0. The molecule has 0 saturated heterocycles. The minimum atomic E-state index is 1.11. The second-order valence-electron chi connectivity index (χ2n) is 14.2. The Hall–Kier alpha value is -6.94. The van der Waals surface area contributed by atoms with Gasteiger partial charge in [0.2, 0.25) is 0 Å². The highest BCUT2D eigenvalue weighted by Crippen LogP contribution is 2.42. The number of benzene rings is 9. The van der Waals surface area contributed by atoms with Crippen LogP contribution in [0.3, 0.4) is 0 Å². The van der Waals surface area contributed by atoms with Crippen LogP contribution in [0, 0.1) is 0 Å². The first kappa shape index (κ1) is 31.6. The van der Waals surface area contributed by atoms with E-state index in [1.807, 2.05) is 11.3 Å². The van der Waals surface area contributed by atoms with Crippen molar-refractivity contribution >= 4 is 81.1 Å². The molecule has 0 N–H and O–H groups in total. The van der Waals surface area contributed by atoms with E-state index in [0.717, 1.165) is 22.7 Å². The Labute approximate surface area is 323 Å². The lowest BCUT2D eigenvalue weighted by molar-refractivity contribution is 1.18. The van der Waals surface area contributed by atoms with Crippen LogP contribution in [0.25, 0.3) is 80.7 Å². The lowest BCUT2D eigenvalue weighted by Crippen LogP contribution is -2.09. The summed E-state index contributed by atoms with van der Waals surface area (Å²) in [6.07, 6.45) is 0. The minimum Gasteiger partial charge on any atom is -0.310 e. The van der Waals surface area contributed by atoms with Gasteiger partial charge in [-0.1, -0.05) is 133 Å². The van der Waals surface area contributed by atoms with Crippen LogP contribution in [-0.2, 0) is 0 Å². The van der Waals surface area contributed by atoms with Gasteiger partial charge in [0.25, 0.3) is 0 Å². The van der Waals surface area contributed by atoms with Crippen molar-refractivity contribution in [2.75, 3.05) is 4.90 Å². The third-order valence-electron chi connectivity index (χ3n) is 11.0. The van der Waals surface area contributed by atoms with Gasteiger partial charge in [-0.25, -0.2) is 0 Å². The van der Waals surface area contributed by atoms with Crippen LogP contribution in [-0.4, -0.2) is 4.57 Å². The minimum absolute atomic E-state index is 1.11. The molecule has 0 radical (unpaired) electrons. The second-order valence-corrected chi connectivity index (χ2v) is 15.3. The zero-order chi connectivity index (χ0) is 36.3. The van der Waals surface area contributed by atoms with E-state index in [-0.39, 0.29) is 0 Å². The average Bonchev–Trinajstić information content (AvgIpc) is 3.78. The zero-order valence-corrected chi connectivity index (χ0v) is 30.7. The molecular formula is C52H34N2S. The summed E-state index contributed by atoms with van der Waals surface area (Å²) in [6.45, 7) is 0. The first-order valence-electron chi connectivity index (χ1n) is 18.7. The topological polar surface area (TPSA) is 8.17 Å². The van der Waals surface area contributed by atoms with E-state index in [1.54, 1.807) is 0 Å². The number of thiophene rings is 1. The molecule has 11 rings (SSSR count). The third kappa shape index (κ3) is 5.40. The molecule has 2 aromatic heterocycles. The predicted octanol–water partition coefficient (Wildman–Crippen LogP) is 15.1. The van der Waals surface area contributed by atoms with Crippen molar-refractivity contribution in [2.45, 2.75) is 0 Å². The molecule has 3 heteroatoms. The largest absolute Gasteiger partial charge is 0.310 e. The number of aromatic nitrogens is 1. The van der Waals surface area contributed by atoms with E-state index in [0.29, 0.717) is 0 Å². The van der Waals surface area contributed by atoms with Crippen molar-refractivity contribution in [2.24, 2.45) is 0 Å². The maximum atomic E-state index is 2.40. The summed E-state index contributed by atoms with van der Waals surface area (Å²) in [5.41, 5.74) is 11.7. The predicted molar refractivity (Wildman–Crippen MR) is 237 cm³/mol. The summed E-state index contributed by atoms with van der Waals surface area (Å²) in [4.78, 5) is 2.38. The molecule has 0 aliphatic heterocycles. The number of anilines is 3. The van der Waals surface area contributed by atoms with E-state index in [9.17, 15) is 0 Å². The van der Waals surface area contributed by atoms with Crippen molar-refractivity contribution in [3.63, 3.8) is 0 Å². The third-order valence-corrected chi connectivity index (χ3v) is 12.1. The average molecular weight is 719 g/mol. The second kappa shape index (κ2) is 12.9. The molecule has 0 bridgehead atoms. The molecule has 0 saturated carbocycles. The Balaban J connectivity index is 0.983. The molecule has 11 aromatic rings. The SMILES string of the molecule is c1ccc(-c2cccc(N(c3ccc(-c4ccc(-n5c6ccccc6c6cc7ccccc7cc65)cc4)cc3)c3ccc4c(c3)sc3ccccc34)c2)cc1. The Bertz CT molecular complexity index is 3190. The van der Waals surface area contributed by atoms with Crippen LogP contribution in [0.5, 0.6) is 0 Å². The van der Waals surface area contributed by atoms with E-state index >= 15 is 0 Å². The van der Waals surface area contributed by atoms with Crippen molar-refractivity contribution in [1.82, 2.24) is 4.57 Å². The monoisotopic (exact) mass is 718 g/mol. The molecule has 55 heavy (non-hydrogen) atoms. The fourth-order valence-corrected chi connectivity index (χ4v) is 9.43. The van der Waals surface area contributed by atoms with Crippen LogP contribution in [0.4, 0.5) is 17.1 Å². The van der Waals surface area contributed by atoms with Crippen molar-refractivity contribution in [1.29, 1.82) is 0 Å². The Morgan fingerprint density at radius 1 is 0.327 bits per heavy atom. The number of para-hydroxylation sites is 1. The smallest absolute Gasteiger partial charge is 0.0547 e. The molecular weight excluding hydrogens is 685 g/mol. The number of rotatable bonds is 6. The van der Waals surface area contributed by atoms with Gasteiger partial charge in [-0.2, -0.15) is 0 Å². The Kier molecular flexibility index (Phi) is 7.39. The maximum Gasteiger partial charge on any atom is 0.0547 e. The van der Waals surface area contributed by atoms with Gasteiger partial charge in [0.15, 0.2) is 0 Å². The van der Waals surface area contributed by atoms with Crippen LogP contribution < -0.4 is 4.90 Å². The molecule has 258 valence electrons. The first-order chi connectivity index (χ1) is 27.2. The first-order valence-corrected chi connectivity index (χ1v) is 19.6. The van der Waals surface area contributed by atoms with Crippen molar-refractivity contribution in [3.8, 4) is 27.9 Å². The van der Waals surface area contributed by atoms with E-state index in [2.05, 4.69) is 216 Å². The quantitative estimate of drug-likeness (QED) is 0.166. The van der Waals surface area contributed by atoms with Gasteiger partial charge in [-0.05, 0) is 106 Å². The van der Waals surface area contributed by atoms with Crippen LogP contribution in [0.15, 0.2) is 206 Å². The summed E-state index contributed by atoms with van der Waals surface area (Å²) in [7, 11) is 0. The highest BCUT2D eigenvalue weighted by molar-refractivity contribution is 7.25. The van der Waals surface area contributed by atoms with E-state index in [1.165, 1.54) is 75.0 Å².